The molecule has 2 amide bonds. The van der Waals surface area contributed by atoms with Gasteiger partial charge in [0.25, 0.3) is 0 Å². The average Bonchev–Trinajstić information content (AvgIpc) is 2.60. The molecule has 1 aromatic carbocycles. The highest BCUT2D eigenvalue weighted by atomic mass is 32.2. The zero-order valence-electron chi connectivity index (χ0n) is 14.1. The molecule has 0 saturated carbocycles. The predicted octanol–water partition coefficient (Wildman–Crippen LogP) is -0.0217. The highest BCUT2D eigenvalue weighted by molar-refractivity contribution is 7.89. The third-order valence-electron chi connectivity index (χ3n) is 4.04. The van der Waals surface area contributed by atoms with Gasteiger partial charge in [-0.15, -0.1) is 0 Å². The van der Waals surface area contributed by atoms with Crippen molar-refractivity contribution in [3.8, 4) is 0 Å². The van der Waals surface area contributed by atoms with Crippen molar-refractivity contribution in [1.29, 1.82) is 0 Å². The molecule has 1 saturated heterocycles. The van der Waals surface area contributed by atoms with Gasteiger partial charge >= 0.3 is 0 Å². The van der Waals surface area contributed by atoms with Gasteiger partial charge in [-0.1, -0.05) is 12.1 Å². The number of hydrogen-bond donors (Lipinski definition) is 1. The van der Waals surface area contributed by atoms with Gasteiger partial charge in [0.05, 0.1) is 18.7 Å². The lowest BCUT2D eigenvalue weighted by Crippen LogP contribution is -2.52. The summed E-state index contributed by atoms with van der Waals surface area (Å²) in [5.41, 5.74) is 0.531. The van der Waals surface area contributed by atoms with Gasteiger partial charge in [-0.25, -0.2) is 12.8 Å². The quantitative estimate of drug-likeness (QED) is 0.761. The Hall–Kier alpha value is -2.00. The van der Waals surface area contributed by atoms with Crippen molar-refractivity contribution in [3.63, 3.8) is 0 Å². The first-order valence-electron chi connectivity index (χ1n) is 8.08. The van der Waals surface area contributed by atoms with Crippen LogP contribution in [0.3, 0.4) is 0 Å². The molecule has 2 rings (SSSR count). The summed E-state index contributed by atoms with van der Waals surface area (Å²) in [6, 6.07) is 5.73. The molecule has 0 aliphatic carbocycles. The SMILES string of the molecule is CCS(=O)(=O)N1CCN(C(=O)CNC(=O)Cc2cccc(F)c2)CC1. The van der Waals surface area contributed by atoms with Crippen LogP contribution in [-0.2, 0) is 26.0 Å². The van der Waals surface area contributed by atoms with E-state index in [4.69, 9.17) is 0 Å². The van der Waals surface area contributed by atoms with E-state index in [1.807, 2.05) is 0 Å². The fraction of sp³-hybridized carbons (Fsp3) is 0.500. The third kappa shape index (κ3) is 5.50. The molecule has 0 atom stereocenters. The lowest BCUT2D eigenvalue weighted by molar-refractivity contribution is -0.133. The number of carbonyl (C=O) groups excluding carboxylic acids is 2. The van der Waals surface area contributed by atoms with E-state index >= 15 is 0 Å². The monoisotopic (exact) mass is 371 g/mol. The minimum absolute atomic E-state index is 0.00639. The Kier molecular flexibility index (Phi) is 6.49. The molecule has 1 aliphatic rings. The number of hydrogen-bond acceptors (Lipinski definition) is 4. The Morgan fingerprint density at radius 1 is 1.20 bits per heavy atom. The molecule has 1 fully saturated rings. The molecule has 0 unspecified atom stereocenters. The Labute approximate surface area is 146 Å². The maximum absolute atomic E-state index is 13.1. The van der Waals surface area contributed by atoms with E-state index in [2.05, 4.69) is 5.32 Å². The van der Waals surface area contributed by atoms with E-state index < -0.39 is 15.8 Å². The van der Waals surface area contributed by atoms with Crippen molar-refractivity contribution in [2.24, 2.45) is 0 Å². The first-order chi connectivity index (χ1) is 11.8. The van der Waals surface area contributed by atoms with Crippen LogP contribution in [0.5, 0.6) is 0 Å². The van der Waals surface area contributed by atoms with Crippen LogP contribution in [-0.4, -0.2) is 67.9 Å². The number of amides is 2. The number of rotatable bonds is 6. The predicted molar refractivity (Wildman–Crippen MR) is 90.7 cm³/mol. The van der Waals surface area contributed by atoms with Gasteiger partial charge in [0.2, 0.25) is 21.8 Å². The van der Waals surface area contributed by atoms with Crippen LogP contribution < -0.4 is 5.32 Å². The van der Waals surface area contributed by atoms with Crippen molar-refractivity contribution in [1.82, 2.24) is 14.5 Å². The van der Waals surface area contributed by atoms with Gasteiger partial charge in [-0.05, 0) is 24.6 Å². The molecule has 9 heteroatoms. The van der Waals surface area contributed by atoms with Gasteiger partial charge in [0, 0.05) is 26.2 Å². The minimum atomic E-state index is -3.24. The molecule has 0 aromatic heterocycles. The standard InChI is InChI=1S/C16H22FN3O4S/c1-2-25(23,24)20-8-6-19(7-9-20)16(22)12-18-15(21)11-13-4-3-5-14(17)10-13/h3-5,10H,2,6-9,11-12H2,1H3,(H,18,21). The lowest BCUT2D eigenvalue weighted by Gasteiger charge is -2.33. The molecule has 0 bridgehead atoms. The first-order valence-corrected chi connectivity index (χ1v) is 9.69. The molecular formula is C16H22FN3O4S. The van der Waals surface area contributed by atoms with Crippen molar-refractivity contribution in [2.75, 3.05) is 38.5 Å². The highest BCUT2D eigenvalue weighted by Crippen LogP contribution is 2.08. The second-order valence-corrected chi connectivity index (χ2v) is 8.02. The van der Waals surface area contributed by atoms with Gasteiger partial charge in [-0.2, -0.15) is 4.31 Å². The smallest absolute Gasteiger partial charge is 0.242 e. The maximum Gasteiger partial charge on any atom is 0.242 e. The molecular weight excluding hydrogens is 349 g/mol. The van der Waals surface area contributed by atoms with E-state index in [9.17, 15) is 22.4 Å². The molecule has 0 radical (unpaired) electrons. The van der Waals surface area contributed by atoms with Crippen molar-refractivity contribution < 1.29 is 22.4 Å². The summed E-state index contributed by atoms with van der Waals surface area (Å²) in [6.45, 7) is 2.56. The van der Waals surface area contributed by atoms with E-state index in [1.54, 1.807) is 13.0 Å². The molecule has 0 spiro atoms. The van der Waals surface area contributed by atoms with E-state index in [0.717, 1.165) is 0 Å². The van der Waals surface area contributed by atoms with Crippen LogP contribution in [0.2, 0.25) is 0 Å². The summed E-state index contributed by atoms with van der Waals surface area (Å²) in [7, 11) is -3.24. The first kappa shape index (κ1) is 19.3. The number of nitrogens with one attached hydrogen (secondary N) is 1. The molecule has 7 nitrogen and oxygen atoms in total. The third-order valence-corrected chi connectivity index (χ3v) is 5.92. The molecule has 138 valence electrons. The number of halogens is 1. The number of sulfonamides is 1. The lowest BCUT2D eigenvalue weighted by atomic mass is 10.1. The Morgan fingerprint density at radius 3 is 2.48 bits per heavy atom. The molecule has 1 heterocycles. The fourth-order valence-corrected chi connectivity index (χ4v) is 3.66. The Bertz CT molecular complexity index is 731. The molecule has 25 heavy (non-hydrogen) atoms. The van der Waals surface area contributed by atoms with Crippen LogP contribution in [0.15, 0.2) is 24.3 Å². The second-order valence-electron chi connectivity index (χ2n) is 5.76. The molecule has 1 N–H and O–H groups in total. The normalized spacial score (nSPS) is 15.8. The van der Waals surface area contributed by atoms with Gasteiger partial charge in [0.1, 0.15) is 5.82 Å². The van der Waals surface area contributed by atoms with Crippen molar-refractivity contribution in [2.45, 2.75) is 13.3 Å². The largest absolute Gasteiger partial charge is 0.347 e. The highest BCUT2D eigenvalue weighted by Gasteiger charge is 2.27. The Balaban J connectivity index is 1.76. The van der Waals surface area contributed by atoms with Crippen molar-refractivity contribution in [3.05, 3.63) is 35.6 Å². The number of benzene rings is 1. The number of carbonyl (C=O) groups is 2. The van der Waals surface area contributed by atoms with Crippen LogP contribution in [0.4, 0.5) is 4.39 Å². The fourth-order valence-electron chi connectivity index (χ4n) is 2.58. The minimum Gasteiger partial charge on any atom is -0.347 e. The van der Waals surface area contributed by atoms with E-state index in [0.29, 0.717) is 18.7 Å². The number of piperazine rings is 1. The maximum atomic E-state index is 13.1. The summed E-state index contributed by atoms with van der Waals surface area (Å²) in [4.78, 5) is 25.5. The summed E-state index contributed by atoms with van der Waals surface area (Å²) in [5, 5.41) is 2.52. The summed E-state index contributed by atoms with van der Waals surface area (Å²) in [5.74, 6) is -1.01. The second kappa shape index (κ2) is 8.39. The molecule has 1 aromatic rings. The van der Waals surface area contributed by atoms with Crippen molar-refractivity contribution >= 4 is 21.8 Å². The van der Waals surface area contributed by atoms with E-state index in [-0.39, 0.29) is 43.6 Å². The van der Waals surface area contributed by atoms with Crippen LogP contribution >= 0.6 is 0 Å². The van der Waals surface area contributed by atoms with Crippen LogP contribution in [0.1, 0.15) is 12.5 Å². The molecule has 1 aliphatic heterocycles. The van der Waals surface area contributed by atoms with Gasteiger partial charge in [0.15, 0.2) is 0 Å². The topological polar surface area (TPSA) is 86.8 Å². The zero-order chi connectivity index (χ0) is 18.4. The average molecular weight is 371 g/mol. The number of nitrogens with zero attached hydrogens (tertiary/aromatic N) is 2. The summed E-state index contributed by atoms with van der Waals surface area (Å²) in [6.07, 6.45) is -0.00639. The van der Waals surface area contributed by atoms with Crippen LogP contribution in [0, 0.1) is 5.82 Å². The zero-order valence-corrected chi connectivity index (χ0v) is 14.9. The summed E-state index contributed by atoms with van der Waals surface area (Å²) < 4.78 is 38.0. The summed E-state index contributed by atoms with van der Waals surface area (Å²) >= 11 is 0. The van der Waals surface area contributed by atoms with Crippen LogP contribution in [0.25, 0.3) is 0 Å². The van der Waals surface area contributed by atoms with E-state index in [1.165, 1.54) is 27.4 Å². The van der Waals surface area contributed by atoms with Gasteiger partial charge in [-0.3, -0.25) is 9.59 Å². The van der Waals surface area contributed by atoms with Gasteiger partial charge < -0.3 is 10.2 Å². The Morgan fingerprint density at radius 2 is 1.88 bits per heavy atom.